The van der Waals surface area contributed by atoms with Crippen LogP contribution in [0.3, 0.4) is 0 Å². The van der Waals surface area contributed by atoms with Crippen LogP contribution in [0.4, 0.5) is 0 Å². The van der Waals surface area contributed by atoms with Crippen molar-refractivity contribution < 1.29 is 19.1 Å². The second-order valence-electron chi connectivity index (χ2n) is 5.08. The van der Waals surface area contributed by atoms with Crippen LogP contribution in [-0.4, -0.2) is 18.5 Å². The molecular formula is C17H24O4. The first kappa shape index (κ1) is 17.2. The van der Waals surface area contributed by atoms with Crippen molar-refractivity contribution in [2.75, 3.05) is 6.61 Å². The second kappa shape index (κ2) is 9.97. The number of carbonyl (C=O) groups excluding carboxylic acids is 2. The topological polar surface area (TPSA) is 52.6 Å². The Morgan fingerprint density at radius 1 is 1.05 bits per heavy atom. The van der Waals surface area contributed by atoms with Gasteiger partial charge < -0.3 is 9.47 Å². The molecule has 0 bridgehead atoms. The molecule has 21 heavy (non-hydrogen) atoms. The van der Waals surface area contributed by atoms with Crippen LogP contribution in [0.1, 0.15) is 50.2 Å². The van der Waals surface area contributed by atoms with Crippen molar-refractivity contribution in [2.24, 2.45) is 0 Å². The minimum Gasteiger partial charge on any atom is -0.466 e. The van der Waals surface area contributed by atoms with Gasteiger partial charge >= 0.3 is 11.9 Å². The molecule has 116 valence electrons. The molecule has 0 aliphatic carbocycles. The fraction of sp³-hybridized carbons (Fsp3) is 0.529. The number of hydrogen-bond donors (Lipinski definition) is 0. The quantitative estimate of drug-likeness (QED) is 0.516. The summed E-state index contributed by atoms with van der Waals surface area (Å²) < 4.78 is 10.2. The molecule has 0 aromatic heterocycles. The third-order valence-corrected chi connectivity index (χ3v) is 3.03. The maximum atomic E-state index is 11.6. The normalized spacial score (nSPS) is 10.2. The highest BCUT2D eigenvalue weighted by molar-refractivity contribution is 5.77. The van der Waals surface area contributed by atoms with E-state index in [2.05, 4.69) is 6.92 Å². The summed E-state index contributed by atoms with van der Waals surface area (Å²) in [7, 11) is 0. The maximum absolute atomic E-state index is 11.6. The summed E-state index contributed by atoms with van der Waals surface area (Å²) in [5.74, 6) is -0.708. The first-order valence-electron chi connectivity index (χ1n) is 7.48. The van der Waals surface area contributed by atoms with E-state index < -0.39 is 0 Å². The molecule has 4 nitrogen and oxygen atoms in total. The fourth-order valence-electron chi connectivity index (χ4n) is 1.85. The summed E-state index contributed by atoms with van der Waals surface area (Å²) in [5.41, 5.74) is 2.07. The lowest BCUT2D eigenvalue weighted by atomic mass is 10.1. The van der Waals surface area contributed by atoms with Crippen molar-refractivity contribution in [1.82, 2.24) is 0 Å². The molecule has 0 radical (unpaired) electrons. The van der Waals surface area contributed by atoms with Crippen molar-refractivity contribution in [1.29, 1.82) is 0 Å². The molecule has 1 aromatic carbocycles. The maximum Gasteiger partial charge on any atom is 0.306 e. The summed E-state index contributed by atoms with van der Waals surface area (Å²) in [6.07, 6.45) is 3.16. The molecule has 0 aliphatic heterocycles. The van der Waals surface area contributed by atoms with Crippen molar-refractivity contribution in [3.05, 3.63) is 35.4 Å². The van der Waals surface area contributed by atoms with E-state index in [0.717, 1.165) is 30.4 Å². The van der Waals surface area contributed by atoms with Gasteiger partial charge in [0.05, 0.1) is 19.4 Å². The standard InChI is InChI=1S/C17H24O4/c1-3-4-5-11-20-16(18)9-10-17(19)21-13-15-8-6-7-14(2)12-15/h6-8,12H,3-5,9-11,13H2,1-2H3. The van der Waals surface area contributed by atoms with Gasteiger partial charge in [-0.1, -0.05) is 49.6 Å². The largest absolute Gasteiger partial charge is 0.466 e. The average Bonchev–Trinajstić information content (AvgIpc) is 2.47. The third-order valence-electron chi connectivity index (χ3n) is 3.03. The van der Waals surface area contributed by atoms with E-state index in [4.69, 9.17) is 9.47 Å². The number of carbonyl (C=O) groups is 2. The van der Waals surface area contributed by atoms with Crippen molar-refractivity contribution in [3.8, 4) is 0 Å². The van der Waals surface area contributed by atoms with Gasteiger partial charge in [0.25, 0.3) is 0 Å². The Morgan fingerprint density at radius 2 is 1.76 bits per heavy atom. The molecule has 0 amide bonds. The molecule has 1 rings (SSSR count). The second-order valence-corrected chi connectivity index (χ2v) is 5.08. The molecule has 0 saturated heterocycles. The number of benzene rings is 1. The van der Waals surface area contributed by atoms with Gasteiger partial charge in [-0.25, -0.2) is 0 Å². The Kier molecular flexibility index (Phi) is 8.17. The predicted molar refractivity (Wildman–Crippen MR) is 80.7 cm³/mol. The number of rotatable bonds is 9. The van der Waals surface area contributed by atoms with Crippen LogP contribution in [-0.2, 0) is 25.7 Å². The van der Waals surface area contributed by atoms with Crippen LogP contribution in [0, 0.1) is 6.92 Å². The third kappa shape index (κ3) is 8.12. The van der Waals surface area contributed by atoms with Crippen LogP contribution >= 0.6 is 0 Å². The van der Waals surface area contributed by atoms with Crippen LogP contribution < -0.4 is 0 Å². The Labute approximate surface area is 126 Å². The number of unbranched alkanes of at least 4 members (excludes halogenated alkanes) is 2. The zero-order chi connectivity index (χ0) is 15.5. The van der Waals surface area contributed by atoms with Gasteiger partial charge in [0.2, 0.25) is 0 Å². The number of esters is 2. The van der Waals surface area contributed by atoms with Gasteiger partial charge in [-0.3, -0.25) is 9.59 Å². The SMILES string of the molecule is CCCCCOC(=O)CCC(=O)OCc1cccc(C)c1. The van der Waals surface area contributed by atoms with E-state index in [9.17, 15) is 9.59 Å². The molecule has 1 aromatic rings. The highest BCUT2D eigenvalue weighted by atomic mass is 16.5. The number of aryl methyl sites for hydroxylation is 1. The van der Waals surface area contributed by atoms with Gasteiger partial charge in [0, 0.05) is 0 Å². The lowest BCUT2D eigenvalue weighted by molar-refractivity contribution is -0.151. The lowest BCUT2D eigenvalue weighted by Gasteiger charge is -2.06. The zero-order valence-electron chi connectivity index (χ0n) is 12.9. The lowest BCUT2D eigenvalue weighted by Crippen LogP contribution is -2.11. The van der Waals surface area contributed by atoms with Gasteiger partial charge in [-0.15, -0.1) is 0 Å². The Bertz CT molecular complexity index is 454. The number of hydrogen-bond acceptors (Lipinski definition) is 4. The molecule has 0 spiro atoms. The fourth-order valence-corrected chi connectivity index (χ4v) is 1.85. The van der Waals surface area contributed by atoms with Crippen LogP contribution in [0.15, 0.2) is 24.3 Å². The summed E-state index contributed by atoms with van der Waals surface area (Å²) in [6, 6.07) is 7.78. The molecule has 0 fully saturated rings. The summed E-state index contributed by atoms with van der Waals surface area (Å²) in [6.45, 7) is 4.75. The van der Waals surface area contributed by atoms with E-state index >= 15 is 0 Å². The van der Waals surface area contributed by atoms with Gasteiger partial charge in [0.15, 0.2) is 0 Å². The van der Waals surface area contributed by atoms with Gasteiger partial charge in [-0.05, 0) is 18.9 Å². The molecule has 0 heterocycles. The van der Waals surface area contributed by atoms with E-state index in [-0.39, 0.29) is 31.4 Å². The van der Waals surface area contributed by atoms with E-state index in [1.807, 2.05) is 31.2 Å². The zero-order valence-corrected chi connectivity index (χ0v) is 12.9. The van der Waals surface area contributed by atoms with Crippen LogP contribution in [0.2, 0.25) is 0 Å². The van der Waals surface area contributed by atoms with Gasteiger partial charge in [-0.2, -0.15) is 0 Å². The van der Waals surface area contributed by atoms with E-state index in [0.29, 0.717) is 6.61 Å². The highest BCUT2D eigenvalue weighted by Crippen LogP contribution is 2.07. The Hall–Kier alpha value is -1.84. The molecule has 4 heteroatoms. The van der Waals surface area contributed by atoms with Gasteiger partial charge in [0.1, 0.15) is 6.61 Å². The molecule has 0 saturated carbocycles. The Morgan fingerprint density at radius 3 is 2.43 bits per heavy atom. The Balaban J connectivity index is 2.15. The summed E-state index contributed by atoms with van der Waals surface area (Å²) in [4.78, 5) is 23.0. The van der Waals surface area contributed by atoms with Crippen LogP contribution in [0.5, 0.6) is 0 Å². The van der Waals surface area contributed by atoms with E-state index in [1.165, 1.54) is 0 Å². The number of ether oxygens (including phenoxy) is 2. The first-order chi connectivity index (χ1) is 10.1. The minimum atomic E-state index is -0.373. The molecule has 0 unspecified atom stereocenters. The smallest absolute Gasteiger partial charge is 0.306 e. The summed E-state index contributed by atoms with van der Waals surface area (Å²) >= 11 is 0. The molecule has 0 aliphatic rings. The first-order valence-corrected chi connectivity index (χ1v) is 7.48. The molecule has 0 atom stereocenters. The van der Waals surface area contributed by atoms with Crippen molar-refractivity contribution in [3.63, 3.8) is 0 Å². The summed E-state index contributed by atoms with van der Waals surface area (Å²) in [5, 5.41) is 0. The minimum absolute atomic E-state index is 0.0679. The predicted octanol–water partition coefficient (Wildman–Crippen LogP) is 3.55. The molecule has 0 N–H and O–H groups in total. The average molecular weight is 292 g/mol. The van der Waals surface area contributed by atoms with Crippen molar-refractivity contribution in [2.45, 2.75) is 52.6 Å². The van der Waals surface area contributed by atoms with E-state index in [1.54, 1.807) is 0 Å². The highest BCUT2D eigenvalue weighted by Gasteiger charge is 2.09. The monoisotopic (exact) mass is 292 g/mol. The molecular weight excluding hydrogens is 268 g/mol. The van der Waals surface area contributed by atoms with Crippen LogP contribution in [0.25, 0.3) is 0 Å². The van der Waals surface area contributed by atoms with Crippen molar-refractivity contribution >= 4 is 11.9 Å².